The summed E-state index contributed by atoms with van der Waals surface area (Å²) < 4.78 is 2.03. The Labute approximate surface area is 218 Å². The SMILES string of the molecule is CC(C)(C)c1ccc(-c2c(C#N)c(C#N)c3nc4ccccn4c3c2-c2ccc(C(C)(C)C)cc2)cc1. The van der Waals surface area contributed by atoms with Crippen molar-refractivity contribution in [1.82, 2.24) is 9.38 Å². The van der Waals surface area contributed by atoms with E-state index in [0.717, 1.165) is 33.4 Å². The first-order chi connectivity index (χ1) is 17.5. The van der Waals surface area contributed by atoms with Crippen LogP contribution < -0.4 is 0 Å². The van der Waals surface area contributed by atoms with E-state index < -0.39 is 0 Å². The van der Waals surface area contributed by atoms with Gasteiger partial charge in [0, 0.05) is 17.3 Å². The molecule has 0 radical (unpaired) electrons. The standard InChI is InChI=1S/C33H30N4/c1-32(2,3)23-14-10-21(11-15-23)28-25(19-34)26(20-35)30-31(37-18-8-7-9-27(37)36-30)29(28)22-12-16-24(17-13-22)33(4,5)6/h7-18H,1-6H3. The minimum absolute atomic E-state index is 0.00558. The Bertz CT molecular complexity index is 1730. The van der Waals surface area contributed by atoms with E-state index in [0.29, 0.717) is 16.6 Å². The van der Waals surface area contributed by atoms with Crippen molar-refractivity contribution in [2.24, 2.45) is 0 Å². The minimum Gasteiger partial charge on any atom is -0.299 e. The fourth-order valence-corrected chi connectivity index (χ4v) is 4.96. The first-order valence-corrected chi connectivity index (χ1v) is 12.5. The number of aromatic nitrogens is 2. The maximum Gasteiger partial charge on any atom is 0.137 e. The lowest BCUT2D eigenvalue weighted by atomic mass is 9.82. The van der Waals surface area contributed by atoms with Crippen LogP contribution in [0.5, 0.6) is 0 Å². The molecule has 0 aliphatic rings. The normalized spacial score (nSPS) is 12.0. The van der Waals surface area contributed by atoms with E-state index in [9.17, 15) is 10.5 Å². The van der Waals surface area contributed by atoms with Crippen molar-refractivity contribution >= 4 is 16.7 Å². The summed E-state index contributed by atoms with van der Waals surface area (Å²) >= 11 is 0. The zero-order chi connectivity index (χ0) is 26.5. The number of benzene rings is 3. The van der Waals surface area contributed by atoms with E-state index in [1.54, 1.807) is 0 Å². The number of fused-ring (bicyclic) bond motifs is 3. The highest BCUT2D eigenvalue weighted by molar-refractivity contribution is 6.07. The van der Waals surface area contributed by atoms with Crippen LogP contribution in [0.3, 0.4) is 0 Å². The van der Waals surface area contributed by atoms with E-state index in [2.05, 4.69) is 102 Å². The van der Waals surface area contributed by atoms with E-state index in [1.165, 1.54) is 11.1 Å². The summed E-state index contributed by atoms with van der Waals surface area (Å²) in [7, 11) is 0. The topological polar surface area (TPSA) is 64.9 Å². The molecule has 0 bridgehead atoms. The van der Waals surface area contributed by atoms with Crippen molar-refractivity contribution < 1.29 is 0 Å². The van der Waals surface area contributed by atoms with E-state index in [1.807, 2.05) is 28.8 Å². The van der Waals surface area contributed by atoms with Gasteiger partial charge in [-0.2, -0.15) is 10.5 Å². The Balaban J connectivity index is 1.95. The number of pyridine rings is 1. The number of rotatable bonds is 2. The maximum absolute atomic E-state index is 10.4. The summed E-state index contributed by atoms with van der Waals surface area (Å²) in [6.45, 7) is 13.1. The molecule has 0 aliphatic carbocycles. The third-order valence-corrected chi connectivity index (χ3v) is 7.06. The van der Waals surface area contributed by atoms with E-state index >= 15 is 0 Å². The molecule has 182 valence electrons. The summed E-state index contributed by atoms with van der Waals surface area (Å²) in [6, 6.07) is 27.4. The van der Waals surface area contributed by atoms with Gasteiger partial charge < -0.3 is 0 Å². The van der Waals surface area contributed by atoms with Gasteiger partial charge in [-0.15, -0.1) is 0 Å². The smallest absolute Gasteiger partial charge is 0.137 e. The minimum atomic E-state index is 0.00558. The molecule has 4 heteroatoms. The van der Waals surface area contributed by atoms with Gasteiger partial charge in [0.25, 0.3) is 0 Å². The molecule has 5 rings (SSSR count). The van der Waals surface area contributed by atoms with Crippen LogP contribution in [0, 0.1) is 22.7 Å². The molecule has 0 aliphatic heterocycles. The second-order valence-electron chi connectivity index (χ2n) is 11.6. The highest BCUT2D eigenvalue weighted by atomic mass is 15.0. The van der Waals surface area contributed by atoms with Gasteiger partial charge in [-0.05, 0) is 45.2 Å². The van der Waals surface area contributed by atoms with Gasteiger partial charge in [-0.3, -0.25) is 4.40 Å². The molecule has 0 atom stereocenters. The molecule has 0 N–H and O–H groups in total. The van der Waals surface area contributed by atoms with Crippen LogP contribution in [0.1, 0.15) is 63.8 Å². The lowest BCUT2D eigenvalue weighted by Crippen LogP contribution is -2.10. The number of hydrogen-bond donors (Lipinski definition) is 0. The summed E-state index contributed by atoms with van der Waals surface area (Å²) in [4.78, 5) is 4.81. The monoisotopic (exact) mass is 482 g/mol. The van der Waals surface area contributed by atoms with Crippen LogP contribution in [-0.4, -0.2) is 9.38 Å². The molecular weight excluding hydrogens is 452 g/mol. The number of nitrogens with zero attached hydrogens (tertiary/aromatic N) is 4. The molecule has 0 unspecified atom stereocenters. The van der Waals surface area contributed by atoms with E-state index in [4.69, 9.17) is 4.98 Å². The molecule has 37 heavy (non-hydrogen) atoms. The van der Waals surface area contributed by atoms with Crippen molar-refractivity contribution in [3.8, 4) is 34.4 Å². The number of hydrogen-bond acceptors (Lipinski definition) is 3. The van der Waals surface area contributed by atoms with Gasteiger partial charge in [-0.25, -0.2) is 4.98 Å². The maximum atomic E-state index is 10.4. The highest BCUT2D eigenvalue weighted by Gasteiger charge is 2.26. The number of nitriles is 2. The molecule has 0 spiro atoms. The average molecular weight is 483 g/mol. The van der Waals surface area contributed by atoms with E-state index in [-0.39, 0.29) is 10.8 Å². The second kappa shape index (κ2) is 8.61. The zero-order valence-corrected chi connectivity index (χ0v) is 22.2. The summed E-state index contributed by atoms with van der Waals surface area (Å²) in [5.41, 5.74) is 8.83. The van der Waals surface area contributed by atoms with Crippen LogP contribution in [0.25, 0.3) is 38.9 Å². The Morgan fingerprint density at radius 2 is 1.16 bits per heavy atom. The van der Waals surface area contributed by atoms with Crippen molar-refractivity contribution in [2.45, 2.75) is 52.4 Å². The molecule has 3 aromatic carbocycles. The third kappa shape index (κ3) is 4.05. The van der Waals surface area contributed by atoms with Crippen molar-refractivity contribution in [3.05, 3.63) is 95.2 Å². The lowest BCUT2D eigenvalue weighted by molar-refractivity contribution is 0.590. The third-order valence-electron chi connectivity index (χ3n) is 7.06. The fraction of sp³-hybridized carbons (Fsp3) is 0.242. The molecule has 0 saturated carbocycles. The molecule has 0 saturated heterocycles. The van der Waals surface area contributed by atoms with Gasteiger partial charge >= 0.3 is 0 Å². The zero-order valence-electron chi connectivity index (χ0n) is 22.2. The van der Waals surface area contributed by atoms with Gasteiger partial charge in [0.15, 0.2) is 0 Å². The summed E-state index contributed by atoms with van der Waals surface area (Å²) in [5.74, 6) is 0. The molecule has 0 fully saturated rings. The molecule has 5 aromatic rings. The molecule has 4 nitrogen and oxygen atoms in total. The van der Waals surface area contributed by atoms with Crippen LogP contribution in [-0.2, 0) is 10.8 Å². The van der Waals surface area contributed by atoms with Crippen molar-refractivity contribution in [2.75, 3.05) is 0 Å². The largest absolute Gasteiger partial charge is 0.299 e. The Hall–Kier alpha value is -4.41. The van der Waals surface area contributed by atoms with Gasteiger partial charge in [0.2, 0.25) is 0 Å². The fourth-order valence-electron chi connectivity index (χ4n) is 4.96. The summed E-state index contributed by atoms with van der Waals surface area (Å²) in [6.07, 6.45) is 1.97. The molecule has 2 aromatic heterocycles. The second-order valence-corrected chi connectivity index (χ2v) is 11.6. The van der Waals surface area contributed by atoms with Gasteiger partial charge in [0.05, 0.1) is 16.6 Å². The lowest BCUT2D eigenvalue weighted by Gasteiger charge is -2.21. The predicted molar refractivity (Wildman–Crippen MR) is 150 cm³/mol. The summed E-state index contributed by atoms with van der Waals surface area (Å²) in [5, 5.41) is 20.6. The highest BCUT2D eigenvalue weighted by Crippen LogP contribution is 2.43. The first kappa shape index (κ1) is 24.3. The van der Waals surface area contributed by atoms with Gasteiger partial charge in [0.1, 0.15) is 23.3 Å². The van der Waals surface area contributed by atoms with Crippen LogP contribution >= 0.6 is 0 Å². The Morgan fingerprint density at radius 1 is 0.649 bits per heavy atom. The van der Waals surface area contributed by atoms with Crippen molar-refractivity contribution in [3.63, 3.8) is 0 Å². The Morgan fingerprint density at radius 3 is 1.65 bits per heavy atom. The quantitative estimate of drug-likeness (QED) is 0.255. The molecule has 0 amide bonds. The van der Waals surface area contributed by atoms with Crippen LogP contribution in [0.2, 0.25) is 0 Å². The molecule has 2 heterocycles. The Kier molecular flexibility index (Phi) is 5.65. The predicted octanol–water partition coefficient (Wildman–Crippen LogP) is 8.16. The van der Waals surface area contributed by atoms with Crippen molar-refractivity contribution in [1.29, 1.82) is 10.5 Å². The first-order valence-electron chi connectivity index (χ1n) is 12.5. The molecular formula is C33H30N4. The average Bonchev–Trinajstić information content (AvgIpc) is 3.25. The van der Waals surface area contributed by atoms with Crippen LogP contribution in [0.15, 0.2) is 72.9 Å². The number of imidazole rings is 1. The van der Waals surface area contributed by atoms with Gasteiger partial charge in [-0.1, -0.05) is 96.1 Å². The van der Waals surface area contributed by atoms with Crippen LogP contribution in [0.4, 0.5) is 0 Å².